The number of sulfonamides is 1. The summed E-state index contributed by atoms with van der Waals surface area (Å²) in [6.45, 7) is 4.12. The molecule has 1 saturated carbocycles. The first-order valence-electron chi connectivity index (χ1n) is 8.82. The van der Waals surface area contributed by atoms with Crippen molar-refractivity contribution in [3.63, 3.8) is 0 Å². The summed E-state index contributed by atoms with van der Waals surface area (Å²) in [7, 11) is -2.15. The number of carbonyl (C=O) groups excluding carboxylic acids is 1. The summed E-state index contributed by atoms with van der Waals surface area (Å²) >= 11 is 7.88. The number of carbonyl (C=O) groups is 1. The molecule has 146 valence electrons. The first-order chi connectivity index (χ1) is 12.7. The van der Waals surface area contributed by atoms with Gasteiger partial charge in [0.15, 0.2) is 0 Å². The highest BCUT2D eigenvalue weighted by atomic mass is 35.5. The van der Waals surface area contributed by atoms with Crippen LogP contribution in [-0.4, -0.2) is 42.7 Å². The van der Waals surface area contributed by atoms with Gasteiger partial charge in [0, 0.05) is 24.0 Å². The molecule has 0 spiro atoms. The minimum absolute atomic E-state index is 0.0818. The summed E-state index contributed by atoms with van der Waals surface area (Å²) in [6, 6.07) is 8.30. The van der Waals surface area contributed by atoms with Gasteiger partial charge in [-0.2, -0.15) is 4.31 Å². The van der Waals surface area contributed by atoms with Crippen molar-refractivity contribution >= 4 is 38.9 Å². The molecule has 0 saturated heterocycles. The number of rotatable bonds is 7. The lowest BCUT2D eigenvalue weighted by Gasteiger charge is -2.24. The van der Waals surface area contributed by atoms with Crippen LogP contribution in [-0.2, 0) is 16.6 Å². The zero-order valence-corrected chi connectivity index (χ0v) is 17.9. The predicted octanol–water partition coefficient (Wildman–Crippen LogP) is 4.24. The van der Waals surface area contributed by atoms with Crippen molar-refractivity contribution in [3.05, 3.63) is 51.2 Å². The van der Waals surface area contributed by atoms with Gasteiger partial charge in [-0.3, -0.25) is 4.79 Å². The zero-order chi connectivity index (χ0) is 19.8. The Morgan fingerprint density at radius 1 is 1.30 bits per heavy atom. The van der Waals surface area contributed by atoms with Crippen molar-refractivity contribution in [3.8, 4) is 0 Å². The van der Waals surface area contributed by atoms with Gasteiger partial charge in [-0.15, -0.1) is 11.3 Å². The number of benzene rings is 1. The molecule has 1 aliphatic rings. The van der Waals surface area contributed by atoms with E-state index in [0.29, 0.717) is 6.54 Å². The fourth-order valence-corrected chi connectivity index (χ4v) is 5.05. The maximum Gasteiger partial charge on any atom is 0.255 e. The highest BCUT2D eigenvalue weighted by Gasteiger charge is 2.34. The van der Waals surface area contributed by atoms with E-state index in [4.69, 9.17) is 11.6 Å². The predicted molar refractivity (Wildman–Crippen MR) is 109 cm³/mol. The Morgan fingerprint density at radius 3 is 2.56 bits per heavy atom. The second-order valence-electron chi connectivity index (χ2n) is 7.00. The third-order valence-electron chi connectivity index (χ3n) is 4.73. The van der Waals surface area contributed by atoms with Gasteiger partial charge in [0.2, 0.25) is 10.0 Å². The van der Waals surface area contributed by atoms with Gasteiger partial charge in [-0.1, -0.05) is 17.7 Å². The van der Waals surface area contributed by atoms with Crippen LogP contribution < -0.4 is 0 Å². The maximum absolute atomic E-state index is 13.2. The minimum Gasteiger partial charge on any atom is -0.330 e. The highest BCUT2D eigenvalue weighted by Crippen LogP contribution is 2.33. The van der Waals surface area contributed by atoms with E-state index in [1.54, 1.807) is 30.1 Å². The average Bonchev–Trinajstić information content (AvgIpc) is 3.34. The SMILES string of the molecule is CC(C)N(C)S(=O)(=O)c1ccc(Cl)c(C(=O)N(Cc2cccs2)C2CC2)c1. The fraction of sp³-hybridized carbons (Fsp3) is 0.421. The lowest BCUT2D eigenvalue weighted by molar-refractivity contribution is 0.0731. The Labute approximate surface area is 169 Å². The van der Waals surface area contributed by atoms with Crippen molar-refractivity contribution in [2.75, 3.05) is 7.05 Å². The van der Waals surface area contributed by atoms with Crippen LogP contribution in [0.3, 0.4) is 0 Å². The number of thiophene rings is 1. The third-order valence-corrected chi connectivity index (χ3v) is 7.95. The smallest absolute Gasteiger partial charge is 0.255 e. The monoisotopic (exact) mass is 426 g/mol. The quantitative estimate of drug-likeness (QED) is 0.665. The Kier molecular flexibility index (Phi) is 5.96. The molecule has 0 atom stereocenters. The van der Waals surface area contributed by atoms with E-state index < -0.39 is 10.0 Å². The van der Waals surface area contributed by atoms with E-state index in [1.807, 2.05) is 17.5 Å². The normalized spacial score (nSPS) is 14.7. The topological polar surface area (TPSA) is 57.7 Å². The molecule has 0 N–H and O–H groups in total. The molecule has 27 heavy (non-hydrogen) atoms. The first-order valence-corrected chi connectivity index (χ1v) is 11.5. The molecule has 1 heterocycles. The number of amides is 1. The first kappa shape index (κ1) is 20.3. The van der Waals surface area contributed by atoms with Crippen molar-refractivity contribution in [1.82, 2.24) is 9.21 Å². The number of hydrogen-bond acceptors (Lipinski definition) is 4. The fourth-order valence-electron chi connectivity index (χ4n) is 2.75. The highest BCUT2D eigenvalue weighted by molar-refractivity contribution is 7.89. The molecule has 1 amide bonds. The Hall–Kier alpha value is -1.41. The van der Waals surface area contributed by atoms with Gasteiger partial charge >= 0.3 is 0 Å². The Balaban J connectivity index is 1.94. The van der Waals surface area contributed by atoms with E-state index in [-0.39, 0.29) is 33.5 Å². The van der Waals surface area contributed by atoms with Crippen molar-refractivity contribution in [2.45, 2.75) is 50.2 Å². The molecule has 0 radical (unpaired) electrons. The molecule has 0 aliphatic heterocycles. The third kappa shape index (κ3) is 4.37. The largest absolute Gasteiger partial charge is 0.330 e. The van der Waals surface area contributed by atoms with Crippen LogP contribution >= 0.6 is 22.9 Å². The Morgan fingerprint density at radius 2 is 2.00 bits per heavy atom. The number of hydrogen-bond donors (Lipinski definition) is 0. The van der Waals surface area contributed by atoms with Crippen LogP contribution in [0.1, 0.15) is 41.9 Å². The molecular weight excluding hydrogens is 404 g/mol. The lowest BCUT2D eigenvalue weighted by atomic mass is 10.2. The molecule has 5 nitrogen and oxygen atoms in total. The van der Waals surface area contributed by atoms with Crippen molar-refractivity contribution in [1.29, 1.82) is 0 Å². The van der Waals surface area contributed by atoms with Crippen LogP contribution in [0.5, 0.6) is 0 Å². The van der Waals surface area contributed by atoms with Crippen LogP contribution in [0.2, 0.25) is 5.02 Å². The van der Waals surface area contributed by atoms with Gasteiger partial charge < -0.3 is 4.90 Å². The van der Waals surface area contributed by atoms with Gasteiger partial charge in [0.25, 0.3) is 5.91 Å². The second kappa shape index (κ2) is 7.91. The molecule has 0 unspecified atom stereocenters. The molecule has 8 heteroatoms. The van der Waals surface area contributed by atoms with Crippen LogP contribution in [0.4, 0.5) is 0 Å². The maximum atomic E-state index is 13.2. The summed E-state index contributed by atoms with van der Waals surface area (Å²) in [4.78, 5) is 16.2. The average molecular weight is 427 g/mol. The second-order valence-corrected chi connectivity index (χ2v) is 10.4. The van der Waals surface area contributed by atoms with E-state index >= 15 is 0 Å². The van der Waals surface area contributed by atoms with Gasteiger partial charge in [-0.25, -0.2) is 8.42 Å². The van der Waals surface area contributed by atoms with Crippen molar-refractivity contribution in [2.24, 2.45) is 0 Å². The van der Waals surface area contributed by atoms with E-state index in [1.165, 1.54) is 29.6 Å². The standard InChI is InChI=1S/C19H23ClN2O3S2/c1-13(2)21(3)27(24,25)16-8-9-18(20)17(11-16)19(23)22(14-6-7-14)12-15-5-4-10-26-15/h4-5,8-11,13-14H,6-7,12H2,1-3H3. The van der Waals surface area contributed by atoms with Gasteiger partial charge in [0.05, 0.1) is 22.0 Å². The van der Waals surface area contributed by atoms with Crippen LogP contribution in [0.25, 0.3) is 0 Å². The summed E-state index contributed by atoms with van der Waals surface area (Å²) in [5, 5.41) is 2.25. The zero-order valence-electron chi connectivity index (χ0n) is 15.6. The summed E-state index contributed by atoms with van der Waals surface area (Å²) in [6.07, 6.45) is 1.92. The molecule has 1 fully saturated rings. The van der Waals surface area contributed by atoms with Crippen LogP contribution in [0, 0.1) is 0 Å². The molecule has 2 aromatic rings. The molecule has 0 bridgehead atoms. The lowest BCUT2D eigenvalue weighted by Crippen LogP contribution is -2.34. The number of nitrogens with zero attached hydrogens (tertiary/aromatic N) is 2. The molecule has 3 rings (SSSR count). The Bertz CT molecular complexity index is 922. The van der Waals surface area contributed by atoms with E-state index in [9.17, 15) is 13.2 Å². The van der Waals surface area contributed by atoms with Crippen molar-refractivity contribution < 1.29 is 13.2 Å². The van der Waals surface area contributed by atoms with Gasteiger partial charge in [0.1, 0.15) is 0 Å². The summed E-state index contributed by atoms with van der Waals surface area (Å²) in [5.74, 6) is -0.222. The minimum atomic E-state index is -3.69. The summed E-state index contributed by atoms with van der Waals surface area (Å²) < 4.78 is 26.9. The van der Waals surface area contributed by atoms with Crippen LogP contribution in [0.15, 0.2) is 40.6 Å². The van der Waals surface area contributed by atoms with E-state index in [2.05, 4.69) is 0 Å². The summed E-state index contributed by atoms with van der Waals surface area (Å²) in [5.41, 5.74) is 0.235. The van der Waals surface area contributed by atoms with Gasteiger partial charge in [-0.05, 0) is 56.3 Å². The molecule has 1 aromatic heterocycles. The molecule has 1 aromatic carbocycles. The number of halogens is 1. The molecular formula is C19H23ClN2O3S2. The molecule has 1 aliphatic carbocycles. The van der Waals surface area contributed by atoms with E-state index in [0.717, 1.165) is 17.7 Å².